The standard InChI is InChI=1S/C13H19NO2/c1-5-8-11(4)13(10-14,9-6-2)12(15)16-7-3/h6,8H,2,5,7,9H2,1,3-4H3/b11-8+. The summed E-state index contributed by atoms with van der Waals surface area (Å²) in [5, 5.41) is 9.26. The first kappa shape index (κ1) is 14.4. The highest BCUT2D eigenvalue weighted by Gasteiger charge is 2.40. The Labute approximate surface area is 97.4 Å². The predicted octanol–water partition coefficient (Wildman–Crippen LogP) is 2.99. The second-order valence-corrected chi connectivity index (χ2v) is 3.53. The number of hydrogen-bond donors (Lipinski definition) is 0. The number of esters is 1. The Bertz CT molecular complexity index is 325. The van der Waals surface area contributed by atoms with Gasteiger partial charge in [-0.15, -0.1) is 6.58 Å². The molecule has 0 bridgehead atoms. The minimum Gasteiger partial charge on any atom is -0.465 e. The predicted molar refractivity (Wildman–Crippen MR) is 63.5 cm³/mol. The second-order valence-electron chi connectivity index (χ2n) is 3.53. The zero-order chi connectivity index (χ0) is 12.6. The zero-order valence-electron chi connectivity index (χ0n) is 10.2. The van der Waals surface area contributed by atoms with Crippen LogP contribution in [0.5, 0.6) is 0 Å². The van der Waals surface area contributed by atoms with Crippen LogP contribution in [0.4, 0.5) is 0 Å². The van der Waals surface area contributed by atoms with Crippen LogP contribution < -0.4 is 0 Å². The van der Waals surface area contributed by atoms with Gasteiger partial charge in [0.25, 0.3) is 0 Å². The fourth-order valence-electron chi connectivity index (χ4n) is 1.54. The quantitative estimate of drug-likeness (QED) is 0.511. The molecule has 3 heteroatoms. The Kier molecular flexibility index (Phi) is 6.17. The van der Waals surface area contributed by atoms with Gasteiger partial charge in [-0.1, -0.05) is 19.1 Å². The Hall–Kier alpha value is -1.56. The van der Waals surface area contributed by atoms with Crippen LogP contribution >= 0.6 is 0 Å². The van der Waals surface area contributed by atoms with E-state index in [9.17, 15) is 10.1 Å². The number of nitriles is 1. The molecule has 0 aromatic heterocycles. The van der Waals surface area contributed by atoms with Crippen molar-refractivity contribution in [1.29, 1.82) is 5.26 Å². The minimum absolute atomic E-state index is 0.277. The summed E-state index contributed by atoms with van der Waals surface area (Å²) in [6.45, 7) is 9.35. The molecule has 88 valence electrons. The largest absolute Gasteiger partial charge is 0.465 e. The average Bonchev–Trinajstić information content (AvgIpc) is 2.26. The Morgan fingerprint density at radius 3 is 2.56 bits per heavy atom. The van der Waals surface area contributed by atoms with E-state index in [2.05, 4.69) is 12.6 Å². The first-order valence-electron chi connectivity index (χ1n) is 5.45. The van der Waals surface area contributed by atoms with E-state index in [1.165, 1.54) is 0 Å². The van der Waals surface area contributed by atoms with E-state index in [-0.39, 0.29) is 13.0 Å². The maximum atomic E-state index is 11.9. The molecule has 0 N–H and O–H groups in total. The fourth-order valence-corrected chi connectivity index (χ4v) is 1.54. The van der Waals surface area contributed by atoms with E-state index in [1.807, 2.05) is 13.0 Å². The zero-order valence-corrected chi connectivity index (χ0v) is 10.2. The maximum Gasteiger partial charge on any atom is 0.331 e. The van der Waals surface area contributed by atoms with Crippen molar-refractivity contribution >= 4 is 5.97 Å². The average molecular weight is 221 g/mol. The summed E-state index contributed by atoms with van der Waals surface area (Å²) in [7, 11) is 0. The lowest BCUT2D eigenvalue weighted by atomic mass is 9.78. The van der Waals surface area contributed by atoms with Gasteiger partial charge in [0, 0.05) is 0 Å². The molecule has 16 heavy (non-hydrogen) atoms. The maximum absolute atomic E-state index is 11.9. The molecule has 0 spiro atoms. The van der Waals surface area contributed by atoms with Crippen LogP contribution in [0.3, 0.4) is 0 Å². The lowest BCUT2D eigenvalue weighted by Crippen LogP contribution is -2.32. The molecule has 0 aromatic carbocycles. The smallest absolute Gasteiger partial charge is 0.331 e. The molecule has 3 nitrogen and oxygen atoms in total. The number of ether oxygens (including phenoxy) is 1. The monoisotopic (exact) mass is 221 g/mol. The summed E-state index contributed by atoms with van der Waals surface area (Å²) in [5.74, 6) is -0.486. The lowest BCUT2D eigenvalue weighted by molar-refractivity contribution is -0.149. The van der Waals surface area contributed by atoms with E-state index in [0.29, 0.717) is 0 Å². The van der Waals surface area contributed by atoms with Crippen molar-refractivity contribution in [2.24, 2.45) is 5.41 Å². The molecular formula is C13H19NO2. The van der Waals surface area contributed by atoms with Crippen molar-refractivity contribution in [3.63, 3.8) is 0 Å². The molecule has 0 radical (unpaired) electrons. The molecule has 0 aromatic rings. The third-order valence-electron chi connectivity index (χ3n) is 2.45. The van der Waals surface area contributed by atoms with Crippen molar-refractivity contribution in [2.45, 2.75) is 33.6 Å². The number of allylic oxidation sites excluding steroid dienone is 2. The van der Waals surface area contributed by atoms with Crippen LogP contribution in [0, 0.1) is 16.7 Å². The van der Waals surface area contributed by atoms with Gasteiger partial charge in [0.1, 0.15) is 0 Å². The number of nitrogens with zero attached hydrogens (tertiary/aromatic N) is 1. The highest BCUT2D eigenvalue weighted by molar-refractivity contribution is 5.84. The van der Waals surface area contributed by atoms with Gasteiger partial charge in [0.2, 0.25) is 0 Å². The summed E-state index contributed by atoms with van der Waals surface area (Å²) >= 11 is 0. The summed E-state index contributed by atoms with van der Waals surface area (Å²) in [4.78, 5) is 11.9. The van der Waals surface area contributed by atoms with Crippen molar-refractivity contribution < 1.29 is 9.53 Å². The van der Waals surface area contributed by atoms with Crippen molar-refractivity contribution in [3.8, 4) is 6.07 Å². The minimum atomic E-state index is -1.20. The van der Waals surface area contributed by atoms with Crippen LogP contribution in [-0.4, -0.2) is 12.6 Å². The molecule has 0 saturated heterocycles. The Morgan fingerprint density at radius 1 is 1.56 bits per heavy atom. The van der Waals surface area contributed by atoms with E-state index < -0.39 is 11.4 Å². The molecule has 1 atom stereocenters. The number of rotatable bonds is 6. The molecule has 0 heterocycles. The molecular weight excluding hydrogens is 202 g/mol. The molecule has 0 rings (SSSR count). The van der Waals surface area contributed by atoms with E-state index in [0.717, 1.165) is 12.0 Å². The summed E-state index contributed by atoms with van der Waals surface area (Å²) in [5.41, 5.74) is -0.468. The highest BCUT2D eigenvalue weighted by Crippen LogP contribution is 2.33. The van der Waals surface area contributed by atoms with E-state index in [1.54, 1.807) is 19.9 Å². The molecule has 1 unspecified atom stereocenters. The third-order valence-corrected chi connectivity index (χ3v) is 2.45. The lowest BCUT2D eigenvalue weighted by Gasteiger charge is -2.24. The van der Waals surface area contributed by atoms with Crippen molar-refractivity contribution in [3.05, 3.63) is 24.3 Å². The number of hydrogen-bond acceptors (Lipinski definition) is 3. The number of carbonyl (C=O) groups excluding carboxylic acids is 1. The topological polar surface area (TPSA) is 50.1 Å². The third kappa shape index (κ3) is 2.96. The van der Waals surface area contributed by atoms with Crippen LogP contribution in [-0.2, 0) is 9.53 Å². The first-order valence-corrected chi connectivity index (χ1v) is 5.45. The van der Waals surface area contributed by atoms with Crippen LogP contribution in [0.2, 0.25) is 0 Å². The van der Waals surface area contributed by atoms with Gasteiger partial charge in [-0.05, 0) is 32.3 Å². The van der Waals surface area contributed by atoms with Crippen LogP contribution in [0.1, 0.15) is 33.6 Å². The molecule has 0 amide bonds. The summed E-state index contributed by atoms with van der Waals surface area (Å²) < 4.78 is 4.97. The normalized spacial score (nSPS) is 14.8. The van der Waals surface area contributed by atoms with Crippen molar-refractivity contribution in [1.82, 2.24) is 0 Å². The van der Waals surface area contributed by atoms with Crippen LogP contribution in [0.15, 0.2) is 24.3 Å². The first-order chi connectivity index (χ1) is 7.58. The van der Waals surface area contributed by atoms with Crippen LogP contribution in [0.25, 0.3) is 0 Å². The Morgan fingerprint density at radius 2 is 2.19 bits per heavy atom. The van der Waals surface area contributed by atoms with E-state index in [4.69, 9.17) is 4.74 Å². The van der Waals surface area contributed by atoms with Gasteiger partial charge in [-0.2, -0.15) is 5.26 Å². The molecule has 0 aliphatic rings. The summed E-state index contributed by atoms with van der Waals surface area (Å²) in [6, 6.07) is 2.07. The fraction of sp³-hybridized carbons (Fsp3) is 0.538. The van der Waals surface area contributed by atoms with Crippen molar-refractivity contribution in [2.75, 3.05) is 6.61 Å². The van der Waals surface area contributed by atoms with Gasteiger partial charge < -0.3 is 4.74 Å². The van der Waals surface area contributed by atoms with Gasteiger partial charge in [-0.3, -0.25) is 0 Å². The van der Waals surface area contributed by atoms with E-state index >= 15 is 0 Å². The molecule has 0 fully saturated rings. The second kappa shape index (κ2) is 6.84. The van der Waals surface area contributed by atoms with Gasteiger partial charge in [0.05, 0.1) is 12.7 Å². The molecule has 0 aliphatic carbocycles. The Balaban J connectivity index is 5.32. The number of carbonyl (C=O) groups is 1. The van der Waals surface area contributed by atoms with Gasteiger partial charge in [0.15, 0.2) is 5.41 Å². The van der Waals surface area contributed by atoms with Gasteiger partial charge >= 0.3 is 5.97 Å². The molecule has 0 aliphatic heterocycles. The summed E-state index contributed by atoms with van der Waals surface area (Å²) in [6.07, 6.45) is 4.52. The molecule has 0 saturated carbocycles. The SMILES string of the molecule is C=CCC(C#N)(C(=O)OCC)/C(C)=C/CC. The highest BCUT2D eigenvalue weighted by atomic mass is 16.5. The van der Waals surface area contributed by atoms with Gasteiger partial charge in [-0.25, -0.2) is 4.79 Å².